The number of ether oxygens (including phenoxy) is 1. The molecule has 1 spiro atoms. The van der Waals surface area contributed by atoms with E-state index in [2.05, 4.69) is 24.5 Å². The van der Waals surface area contributed by atoms with Crippen LogP contribution in [0.5, 0.6) is 0 Å². The minimum atomic E-state index is -0.0455. The van der Waals surface area contributed by atoms with Gasteiger partial charge < -0.3 is 20.5 Å². The number of hydrogen-bond donors (Lipinski definition) is 3. The van der Waals surface area contributed by atoms with Crippen molar-refractivity contribution >= 4 is 6.03 Å². The number of hydrogen-bond acceptors (Lipinski definition) is 3. The number of aliphatic hydroxyl groups is 1. The Morgan fingerprint density at radius 1 is 1.35 bits per heavy atom. The Balaban J connectivity index is 1.53. The third kappa shape index (κ3) is 2.76. The SMILES string of the molecule is CCC(CC)(CCO)CNC(=O)NC1C2CCOC2C12CCC2. The smallest absolute Gasteiger partial charge is 0.315 e. The first-order chi connectivity index (χ1) is 11.1. The van der Waals surface area contributed by atoms with Gasteiger partial charge in [-0.2, -0.15) is 0 Å². The molecule has 3 aliphatic rings. The lowest BCUT2D eigenvalue weighted by Gasteiger charge is -2.63. The van der Waals surface area contributed by atoms with E-state index in [4.69, 9.17) is 4.74 Å². The predicted molar refractivity (Wildman–Crippen MR) is 89.2 cm³/mol. The molecule has 1 saturated heterocycles. The van der Waals surface area contributed by atoms with Gasteiger partial charge in [0.05, 0.1) is 6.10 Å². The zero-order valence-corrected chi connectivity index (χ0v) is 14.6. The van der Waals surface area contributed by atoms with Gasteiger partial charge in [-0.25, -0.2) is 4.79 Å². The Morgan fingerprint density at radius 2 is 2.09 bits per heavy atom. The maximum absolute atomic E-state index is 12.4. The lowest BCUT2D eigenvalue weighted by atomic mass is 9.46. The minimum Gasteiger partial charge on any atom is -0.396 e. The molecule has 5 nitrogen and oxygen atoms in total. The number of urea groups is 1. The fourth-order valence-corrected chi connectivity index (χ4v) is 5.10. The summed E-state index contributed by atoms with van der Waals surface area (Å²) in [7, 11) is 0. The number of aliphatic hydroxyl groups excluding tert-OH is 1. The molecule has 2 amide bonds. The van der Waals surface area contributed by atoms with E-state index < -0.39 is 0 Å². The monoisotopic (exact) mass is 324 g/mol. The maximum Gasteiger partial charge on any atom is 0.315 e. The molecule has 23 heavy (non-hydrogen) atoms. The number of amides is 2. The van der Waals surface area contributed by atoms with Gasteiger partial charge in [0.1, 0.15) is 0 Å². The van der Waals surface area contributed by atoms with Crippen LogP contribution < -0.4 is 10.6 Å². The number of nitrogens with one attached hydrogen (secondary N) is 2. The largest absolute Gasteiger partial charge is 0.396 e. The van der Waals surface area contributed by atoms with Gasteiger partial charge in [-0.05, 0) is 43.9 Å². The molecule has 1 heterocycles. The molecule has 132 valence electrons. The molecule has 0 aromatic carbocycles. The lowest BCUT2D eigenvalue weighted by Crippen LogP contribution is -2.72. The van der Waals surface area contributed by atoms with E-state index in [1.807, 2.05) is 0 Å². The van der Waals surface area contributed by atoms with Gasteiger partial charge in [0.15, 0.2) is 0 Å². The summed E-state index contributed by atoms with van der Waals surface area (Å²) in [4.78, 5) is 12.4. The van der Waals surface area contributed by atoms with E-state index in [1.54, 1.807) is 0 Å². The zero-order chi connectivity index (χ0) is 16.5. The van der Waals surface area contributed by atoms with Crippen molar-refractivity contribution in [1.82, 2.24) is 10.6 Å². The molecule has 3 N–H and O–H groups in total. The van der Waals surface area contributed by atoms with Gasteiger partial charge in [0, 0.05) is 37.1 Å². The van der Waals surface area contributed by atoms with Gasteiger partial charge in [0.2, 0.25) is 0 Å². The van der Waals surface area contributed by atoms with Crippen LogP contribution in [0, 0.1) is 16.7 Å². The second-order valence-corrected chi connectivity index (χ2v) is 7.82. The Labute approximate surface area is 139 Å². The van der Waals surface area contributed by atoms with Crippen molar-refractivity contribution in [2.24, 2.45) is 16.7 Å². The summed E-state index contributed by atoms with van der Waals surface area (Å²) in [6, 6.07) is 0.245. The first kappa shape index (κ1) is 17.0. The molecule has 2 saturated carbocycles. The quantitative estimate of drug-likeness (QED) is 0.673. The standard InChI is InChI=1S/C18H32N2O3/c1-3-17(4-2,9-10-21)12-19-16(22)20-14-13-6-11-23-15(13)18(14)7-5-8-18/h13-15,21H,3-12H2,1-2H3,(H2,19,20,22). The summed E-state index contributed by atoms with van der Waals surface area (Å²) in [5.41, 5.74) is 0.245. The van der Waals surface area contributed by atoms with Gasteiger partial charge in [-0.15, -0.1) is 0 Å². The average Bonchev–Trinajstić information content (AvgIpc) is 2.93. The van der Waals surface area contributed by atoms with Gasteiger partial charge >= 0.3 is 6.03 Å². The molecule has 5 heteroatoms. The van der Waals surface area contributed by atoms with Crippen molar-refractivity contribution in [3.8, 4) is 0 Å². The van der Waals surface area contributed by atoms with E-state index in [-0.39, 0.29) is 23.5 Å². The Morgan fingerprint density at radius 3 is 2.65 bits per heavy atom. The Bertz CT molecular complexity index is 432. The number of carbonyl (C=O) groups excluding carboxylic acids is 1. The van der Waals surface area contributed by atoms with Crippen LogP contribution in [0.25, 0.3) is 0 Å². The molecule has 0 aromatic rings. The van der Waals surface area contributed by atoms with Crippen LogP contribution in [0.4, 0.5) is 4.79 Å². The molecule has 3 atom stereocenters. The van der Waals surface area contributed by atoms with E-state index in [1.165, 1.54) is 19.3 Å². The number of carbonyl (C=O) groups is 1. The molecule has 0 aromatic heterocycles. The minimum absolute atomic E-state index is 0.0128. The van der Waals surface area contributed by atoms with Gasteiger partial charge in [-0.1, -0.05) is 20.3 Å². The highest BCUT2D eigenvalue weighted by Gasteiger charge is 2.66. The molecule has 1 aliphatic heterocycles. The van der Waals surface area contributed by atoms with Crippen LogP contribution >= 0.6 is 0 Å². The molecule has 3 unspecified atom stereocenters. The van der Waals surface area contributed by atoms with Crippen LogP contribution in [0.2, 0.25) is 0 Å². The van der Waals surface area contributed by atoms with Crippen LogP contribution in [0.15, 0.2) is 0 Å². The maximum atomic E-state index is 12.4. The summed E-state index contributed by atoms with van der Waals surface area (Å²) in [6.07, 6.45) is 7.79. The lowest BCUT2D eigenvalue weighted by molar-refractivity contribution is -0.172. The molecule has 0 bridgehead atoms. The summed E-state index contributed by atoms with van der Waals surface area (Å²) < 4.78 is 5.90. The highest BCUT2D eigenvalue weighted by atomic mass is 16.5. The summed E-state index contributed by atoms with van der Waals surface area (Å²) >= 11 is 0. The number of fused-ring (bicyclic) bond motifs is 2. The molecule has 3 rings (SSSR count). The van der Waals surface area contributed by atoms with Crippen molar-refractivity contribution in [3.63, 3.8) is 0 Å². The first-order valence-corrected chi connectivity index (χ1v) is 9.37. The third-order valence-corrected chi connectivity index (χ3v) is 7.09. The Kier molecular flexibility index (Phi) is 4.88. The number of rotatable bonds is 7. The third-order valence-electron chi connectivity index (χ3n) is 7.09. The van der Waals surface area contributed by atoms with Crippen molar-refractivity contribution in [1.29, 1.82) is 0 Å². The van der Waals surface area contributed by atoms with E-state index >= 15 is 0 Å². The van der Waals surface area contributed by atoms with E-state index in [9.17, 15) is 9.90 Å². The van der Waals surface area contributed by atoms with Crippen molar-refractivity contribution < 1.29 is 14.6 Å². The summed E-state index contributed by atoms with van der Waals surface area (Å²) in [5.74, 6) is 0.514. The molecular formula is C18H32N2O3. The van der Waals surface area contributed by atoms with Crippen LogP contribution in [-0.4, -0.2) is 43.0 Å². The molecule has 0 radical (unpaired) electrons. The highest BCUT2D eigenvalue weighted by Crippen LogP contribution is 2.62. The fraction of sp³-hybridized carbons (Fsp3) is 0.944. The van der Waals surface area contributed by atoms with Gasteiger partial charge in [0.25, 0.3) is 0 Å². The summed E-state index contributed by atoms with van der Waals surface area (Å²) in [5, 5.41) is 15.6. The van der Waals surface area contributed by atoms with Crippen LogP contribution in [0.1, 0.15) is 58.8 Å². The Hall–Kier alpha value is -0.810. The highest BCUT2D eigenvalue weighted by molar-refractivity contribution is 5.74. The predicted octanol–water partition coefficient (Wildman–Crippen LogP) is 2.43. The van der Waals surface area contributed by atoms with Crippen LogP contribution in [-0.2, 0) is 4.74 Å². The molecule has 3 fully saturated rings. The first-order valence-electron chi connectivity index (χ1n) is 9.37. The average molecular weight is 324 g/mol. The molecular weight excluding hydrogens is 292 g/mol. The van der Waals surface area contributed by atoms with Crippen molar-refractivity contribution in [2.45, 2.75) is 70.9 Å². The van der Waals surface area contributed by atoms with E-state index in [0.29, 0.717) is 24.6 Å². The van der Waals surface area contributed by atoms with Crippen LogP contribution in [0.3, 0.4) is 0 Å². The second-order valence-electron chi connectivity index (χ2n) is 7.82. The fourth-order valence-electron chi connectivity index (χ4n) is 5.10. The van der Waals surface area contributed by atoms with Crippen molar-refractivity contribution in [2.75, 3.05) is 19.8 Å². The second kappa shape index (κ2) is 6.60. The zero-order valence-electron chi connectivity index (χ0n) is 14.6. The van der Waals surface area contributed by atoms with Gasteiger partial charge in [-0.3, -0.25) is 0 Å². The van der Waals surface area contributed by atoms with E-state index in [0.717, 1.165) is 32.3 Å². The molecule has 2 aliphatic carbocycles. The summed E-state index contributed by atoms with van der Waals surface area (Å²) in [6.45, 7) is 5.93. The van der Waals surface area contributed by atoms with Crippen molar-refractivity contribution in [3.05, 3.63) is 0 Å². The normalized spacial score (nSPS) is 31.2. The topological polar surface area (TPSA) is 70.6 Å².